The number of aryl methyl sites for hydroxylation is 2. The fraction of sp³-hybridized carbons (Fsp3) is 0.318. The van der Waals surface area contributed by atoms with Crippen LogP contribution in [0.15, 0.2) is 24.3 Å². The van der Waals surface area contributed by atoms with Gasteiger partial charge in [-0.15, -0.1) is 0 Å². The Balaban J connectivity index is 1.51. The number of aromatic nitrogens is 4. The zero-order chi connectivity index (χ0) is 23.1. The maximum atomic E-state index is 15.1. The molecular weight excluding hydrogens is 448 g/mol. The Hall–Kier alpha value is -3.31. The summed E-state index contributed by atoms with van der Waals surface area (Å²) in [7, 11) is 2.07. The van der Waals surface area contributed by atoms with E-state index in [1.54, 1.807) is 13.0 Å². The van der Waals surface area contributed by atoms with Gasteiger partial charge in [0.25, 0.3) is 0 Å². The van der Waals surface area contributed by atoms with Gasteiger partial charge in [-0.1, -0.05) is 0 Å². The summed E-state index contributed by atoms with van der Waals surface area (Å²) in [4.78, 5) is 16.1. The van der Waals surface area contributed by atoms with Crippen molar-refractivity contribution in [3.63, 3.8) is 0 Å². The van der Waals surface area contributed by atoms with Crippen molar-refractivity contribution in [3.8, 4) is 11.8 Å². The van der Waals surface area contributed by atoms with Gasteiger partial charge in [0.05, 0.1) is 11.2 Å². The van der Waals surface area contributed by atoms with E-state index in [2.05, 4.69) is 41.5 Å². The van der Waals surface area contributed by atoms with Crippen LogP contribution in [0.2, 0.25) is 0 Å². The first-order chi connectivity index (χ1) is 15.9. The van der Waals surface area contributed by atoms with Gasteiger partial charge < -0.3 is 24.8 Å². The highest BCUT2D eigenvalue weighted by atomic mass is 32.1. The average Bonchev–Trinajstić information content (AvgIpc) is 3.37. The second-order valence-corrected chi connectivity index (χ2v) is 8.96. The molecule has 0 aliphatic carbocycles. The summed E-state index contributed by atoms with van der Waals surface area (Å²) >= 11 is 1.31. The van der Waals surface area contributed by atoms with Crippen molar-refractivity contribution in [2.45, 2.75) is 13.8 Å². The first-order valence-corrected chi connectivity index (χ1v) is 11.3. The summed E-state index contributed by atoms with van der Waals surface area (Å²) in [6.07, 6.45) is 0. The molecule has 0 atom stereocenters. The number of nitrogens with zero attached hydrogens (tertiary/aromatic N) is 5. The minimum atomic E-state index is -0.669. The number of piperazine rings is 1. The molecule has 0 radical (unpaired) electrons. The molecule has 8 nitrogen and oxygen atoms in total. The standard InChI is InChI=1S/C22H23F2N7OS/c1-12-8-14-20(24)16(10-15(23)21(14)25-12)32-22-27-17(26-19-9-13(2)29-33-19)11-18(28-22)31-6-4-30(3)5-7-31/h8-11,25H,4-7H2,1-3H3,(H,26,27,28). The lowest BCUT2D eigenvalue weighted by Crippen LogP contribution is -2.44. The molecule has 33 heavy (non-hydrogen) atoms. The third-order valence-electron chi connectivity index (χ3n) is 5.50. The van der Waals surface area contributed by atoms with Crippen LogP contribution in [-0.2, 0) is 0 Å². The predicted octanol–water partition coefficient (Wildman–Crippen LogP) is 4.60. The van der Waals surface area contributed by atoms with Crippen LogP contribution in [0.1, 0.15) is 11.4 Å². The molecule has 1 aliphatic heterocycles. The summed E-state index contributed by atoms with van der Waals surface area (Å²) in [5.41, 5.74) is 1.65. The number of benzene rings is 1. The highest BCUT2D eigenvalue weighted by Gasteiger charge is 2.21. The monoisotopic (exact) mass is 471 g/mol. The topological polar surface area (TPSA) is 82.2 Å². The summed E-state index contributed by atoms with van der Waals surface area (Å²) in [6.45, 7) is 6.98. The Morgan fingerprint density at radius 3 is 2.58 bits per heavy atom. The first-order valence-electron chi connectivity index (χ1n) is 10.5. The van der Waals surface area contributed by atoms with Gasteiger partial charge in [0.1, 0.15) is 16.6 Å². The zero-order valence-electron chi connectivity index (χ0n) is 18.4. The molecule has 4 aromatic rings. The van der Waals surface area contributed by atoms with E-state index in [1.165, 1.54) is 11.5 Å². The molecule has 2 N–H and O–H groups in total. The van der Waals surface area contributed by atoms with E-state index in [1.807, 2.05) is 19.1 Å². The van der Waals surface area contributed by atoms with Crippen molar-refractivity contribution in [1.82, 2.24) is 24.2 Å². The van der Waals surface area contributed by atoms with Crippen LogP contribution in [0.4, 0.5) is 25.4 Å². The molecule has 5 rings (SSSR count). The molecular formula is C22H23F2N7OS. The molecule has 4 heterocycles. The fourth-order valence-corrected chi connectivity index (χ4v) is 4.44. The van der Waals surface area contributed by atoms with Gasteiger partial charge in [-0.2, -0.15) is 14.3 Å². The lowest BCUT2D eigenvalue weighted by molar-refractivity contribution is 0.311. The Morgan fingerprint density at radius 1 is 1.06 bits per heavy atom. The molecule has 1 saturated heterocycles. The minimum Gasteiger partial charge on any atom is -0.421 e. The SMILES string of the molecule is Cc1cc(Nc2cc(N3CCN(C)CC3)nc(Oc3cc(F)c4[nH]c(C)cc4c3F)n2)sn1. The minimum absolute atomic E-state index is 0.0694. The number of fused-ring (bicyclic) bond motifs is 1. The number of nitrogens with one attached hydrogen (secondary N) is 2. The van der Waals surface area contributed by atoms with Crippen LogP contribution in [0, 0.1) is 25.5 Å². The van der Waals surface area contributed by atoms with Crippen molar-refractivity contribution in [1.29, 1.82) is 0 Å². The molecule has 0 saturated carbocycles. The van der Waals surface area contributed by atoms with Crippen LogP contribution in [0.3, 0.4) is 0 Å². The molecule has 1 fully saturated rings. The van der Waals surface area contributed by atoms with Gasteiger partial charge in [0.15, 0.2) is 17.4 Å². The Kier molecular flexibility index (Phi) is 5.59. The van der Waals surface area contributed by atoms with Crippen LogP contribution in [0.5, 0.6) is 11.8 Å². The van der Waals surface area contributed by atoms with E-state index >= 15 is 4.39 Å². The molecule has 0 spiro atoms. The molecule has 0 bridgehead atoms. The summed E-state index contributed by atoms with van der Waals surface area (Å²) in [6, 6.07) is 6.21. The van der Waals surface area contributed by atoms with Gasteiger partial charge >= 0.3 is 6.01 Å². The molecule has 3 aromatic heterocycles. The third-order valence-corrected chi connectivity index (χ3v) is 6.30. The number of rotatable bonds is 5. The number of halogens is 2. The van der Waals surface area contributed by atoms with Crippen molar-refractivity contribution >= 4 is 39.1 Å². The highest BCUT2D eigenvalue weighted by Crippen LogP contribution is 2.33. The lowest BCUT2D eigenvalue weighted by Gasteiger charge is -2.33. The maximum Gasteiger partial charge on any atom is 0.326 e. The van der Waals surface area contributed by atoms with Crippen molar-refractivity contribution in [3.05, 3.63) is 47.3 Å². The van der Waals surface area contributed by atoms with Crippen LogP contribution >= 0.6 is 11.5 Å². The Morgan fingerprint density at radius 2 is 1.85 bits per heavy atom. The predicted molar refractivity (Wildman–Crippen MR) is 125 cm³/mol. The van der Waals surface area contributed by atoms with Crippen LogP contribution in [0.25, 0.3) is 10.9 Å². The van der Waals surface area contributed by atoms with Gasteiger partial charge in [-0.05, 0) is 44.6 Å². The quantitative estimate of drug-likeness (QED) is 0.440. The Bertz CT molecular complexity index is 1310. The van der Waals surface area contributed by atoms with E-state index < -0.39 is 11.6 Å². The number of hydrogen-bond donors (Lipinski definition) is 2. The highest BCUT2D eigenvalue weighted by molar-refractivity contribution is 7.10. The second-order valence-electron chi connectivity index (χ2n) is 8.16. The van der Waals surface area contributed by atoms with E-state index in [9.17, 15) is 4.39 Å². The third kappa shape index (κ3) is 4.46. The van der Waals surface area contributed by atoms with E-state index in [4.69, 9.17) is 4.74 Å². The van der Waals surface area contributed by atoms with Gasteiger partial charge in [-0.3, -0.25) is 0 Å². The van der Waals surface area contributed by atoms with Crippen molar-refractivity contribution in [2.24, 2.45) is 0 Å². The second kappa shape index (κ2) is 8.56. The summed E-state index contributed by atoms with van der Waals surface area (Å²) in [5, 5.41) is 4.14. The molecule has 1 aliphatic rings. The van der Waals surface area contributed by atoms with Crippen molar-refractivity contribution in [2.75, 3.05) is 43.4 Å². The molecule has 0 unspecified atom stereocenters. The molecule has 172 valence electrons. The summed E-state index contributed by atoms with van der Waals surface area (Å²) < 4.78 is 39.6. The van der Waals surface area contributed by atoms with Crippen LogP contribution < -0.4 is 15.0 Å². The van der Waals surface area contributed by atoms with Crippen molar-refractivity contribution < 1.29 is 13.5 Å². The van der Waals surface area contributed by atoms with Gasteiger partial charge in [-0.25, -0.2) is 8.78 Å². The maximum absolute atomic E-state index is 15.1. The van der Waals surface area contributed by atoms with E-state index in [-0.39, 0.29) is 22.7 Å². The molecule has 0 amide bonds. The average molecular weight is 472 g/mol. The number of H-pyrrole nitrogens is 1. The van der Waals surface area contributed by atoms with Crippen LogP contribution in [-0.4, -0.2) is 57.5 Å². The van der Waals surface area contributed by atoms with E-state index in [0.717, 1.165) is 42.9 Å². The van der Waals surface area contributed by atoms with Gasteiger partial charge in [0, 0.05) is 49.4 Å². The summed E-state index contributed by atoms with van der Waals surface area (Å²) in [5.74, 6) is -0.414. The molecule has 11 heteroatoms. The number of likely N-dealkylation sites (N-methyl/N-ethyl adjacent to an activating group) is 1. The van der Waals surface area contributed by atoms with Gasteiger partial charge in [0.2, 0.25) is 0 Å². The smallest absolute Gasteiger partial charge is 0.326 e. The number of ether oxygens (including phenoxy) is 1. The van der Waals surface area contributed by atoms with E-state index in [0.29, 0.717) is 17.3 Å². The number of aromatic amines is 1. The number of hydrogen-bond acceptors (Lipinski definition) is 8. The molecule has 1 aromatic carbocycles. The number of anilines is 3. The first kappa shape index (κ1) is 21.5. The Labute approximate surface area is 193 Å². The lowest BCUT2D eigenvalue weighted by atomic mass is 10.2. The zero-order valence-corrected chi connectivity index (χ0v) is 19.3. The normalized spacial score (nSPS) is 14.8. The fourth-order valence-electron chi connectivity index (χ4n) is 3.78. The largest absolute Gasteiger partial charge is 0.421 e.